The van der Waals surface area contributed by atoms with Gasteiger partial charge in [-0.05, 0) is 47.0 Å². The average Bonchev–Trinajstić information content (AvgIpc) is 2.72. The second kappa shape index (κ2) is 15.0. The standard InChI is InChI=1S/C22H36N2O8/c1-7-17(25)29-15-12-23-19(27)22(5,6)31-14-10-9-11-21(3,4)32-20(28)24-13-16-30-18(26)8-2/h7-8H,1-2,9-16H2,3-6H3,(H,23,27)(H,24,28). The third-order valence-electron chi connectivity index (χ3n) is 4.13. The molecule has 0 aromatic carbocycles. The van der Waals surface area contributed by atoms with Gasteiger partial charge in [-0.1, -0.05) is 13.2 Å². The monoisotopic (exact) mass is 456 g/mol. The summed E-state index contributed by atoms with van der Waals surface area (Å²) in [6, 6.07) is 0. The number of hydrogen-bond acceptors (Lipinski definition) is 8. The highest BCUT2D eigenvalue weighted by Crippen LogP contribution is 2.19. The van der Waals surface area contributed by atoms with E-state index in [-0.39, 0.29) is 32.2 Å². The Morgan fingerprint density at radius 1 is 0.812 bits per heavy atom. The summed E-state index contributed by atoms with van der Waals surface area (Å²) in [6.07, 6.45) is 3.47. The Kier molecular flexibility index (Phi) is 13.7. The maximum absolute atomic E-state index is 12.2. The fourth-order valence-electron chi connectivity index (χ4n) is 2.34. The summed E-state index contributed by atoms with van der Waals surface area (Å²) >= 11 is 0. The molecule has 0 saturated heterocycles. The van der Waals surface area contributed by atoms with E-state index in [0.717, 1.165) is 12.2 Å². The lowest BCUT2D eigenvalue weighted by atomic mass is 10.0. The third kappa shape index (κ3) is 14.2. The molecule has 0 aromatic rings. The van der Waals surface area contributed by atoms with Crippen LogP contribution in [0.4, 0.5) is 4.79 Å². The van der Waals surface area contributed by atoms with Crippen LogP contribution < -0.4 is 10.6 Å². The van der Waals surface area contributed by atoms with Crippen molar-refractivity contribution in [1.82, 2.24) is 10.6 Å². The molecule has 2 amide bonds. The van der Waals surface area contributed by atoms with Crippen LogP contribution in [0.15, 0.2) is 25.3 Å². The van der Waals surface area contributed by atoms with E-state index in [2.05, 4.69) is 23.8 Å². The van der Waals surface area contributed by atoms with E-state index in [0.29, 0.717) is 25.9 Å². The van der Waals surface area contributed by atoms with Gasteiger partial charge < -0.3 is 29.6 Å². The summed E-state index contributed by atoms with van der Waals surface area (Å²) in [6.45, 7) is 14.2. The Morgan fingerprint density at radius 3 is 1.88 bits per heavy atom. The van der Waals surface area contributed by atoms with Crippen molar-refractivity contribution in [3.05, 3.63) is 25.3 Å². The Labute approximate surface area is 189 Å². The molecule has 0 atom stereocenters. The van der Waals surface area contributed by atoms with Gasteiger partial charge in [0.15, 0.2) is 0 Å². The van der Waals surface area contributed by atoms with Crippen molar-refractivity contribution >= 4 is 23.9 Å². The van der Waals surface area contributed by atoms with Gasteiger partial charge in [-0.15, -0.1) is 0 Å². The lowest BCUT2D eigenvalue weighted by Crippen LogP contribution is -2.45. The minimum Gasteiger partial charge on any atom is -0.461 e. The lowest BCUT2D eigenvalue weighted by Gasteiger charge is -2.26. The van der Waals surface area contributed by atoms with Crippen molar-refractivity contribution in [3.8, 4) is 0 Å². The highest BCUT2D eigenvalue weighted by Gasteiger charge is 2.28. The van der Waals surface area contributed by atoms with Gasteiger partial charge in [-0.25, -0.2) is 14.4 Å². The predicted octanol–water partition coefficient (Wildman–Crippen LogP) is 2.03. The number of carbonyl (C=O) groups is 4. The van der Waals surface area contributed by atoms with Crippen molar-refractivity contribution < 1.29 is 38.1 Å². The predicted molar refractivity (Wildman–Crippen MR) is 118 cm³/mol. The van der Waals surface area contributed by atoms with Gasteiger partial charge in [-0.2, -0.15) is 0 Å². The van der Waals surface area contributed by atoms with E-state index in [1.54, 1.807) is 27.7 Å². The van der Waals surface area contributed by atoms with E-state index >= 15 is 0 Å². The van der Waals surface area contributed by atoms with E-state index in [4.69, 9.17) is 18.9 Å². The molecular weight excluding hydrogens is 420 g/mol. The molecule has 0 rings (SSSR count). The fourth-order valence-corrected chi connectivity index (χ4v) is 2.34. The molecule has 10 heteroatoms. The van der Waals surface area contributed by atoms with Crippen LogP contribution in [-0.2, 0) is 33.3 Å². The number of carbonyl (C=O) groups excluding carboxylic acids is 4. The zero-order valence-electron chi connectivity index (χ0n) is 19.5. The molecule has 0 saturated carbocycles. The van der Waals surface area contributed by atoms with Gasteiger partial charge in [0.2, 0.25) is 0 Å². The van der Waals surface area contributed by atoms with Gasteiger partial charge >= 0.3 is 18.0 Å². The molecule has 0 fully saturated rings. The Morgan fingerprint density at radius 2 is 1.34 bits per heavy atom. The molecule has 10 nitrogen and oxygen atoms in total. The second-order valence-corrected chi connectivity index (χ2v) is 7.89. The van der Waals surface area contributed by atoms with Crippen molar-refractivity contribution in [2.24, 2.45) is 0 Å². The highest BCUT2D eigenvalue weighted by molar-refractivity contribution is 5.84. The molecule has 0 unspecified atom stereocenters. The maximum atomic E-state index is 12.2. The van der Waals surface area contributed by atoms with Crippen molar-refractivity contribution in [2.45, 2.75) is 58.2 Å². The van der Waals surface area contributed by atoms with Gasteiger partial charge in [0.25, 0.3) is 5.91 Å². The van der Waals surface area contributed by atoms with E-state index < -0.39 is 29.2 Å². The summed E-state index contributed by atoms with van der Waals surface area (Å²) in [4.78, 5) is 45.9. The molecule has 182 valence electrons. The zero-order valence-corrected chi connectivity index (χ0v) is 19.5. The summed E-state index contributed by atoms with van der Waals surface area (Å²) in [7, 11) is 0. The molecule has 0 spiro atoms. The molecular formula is C22H36N2O8. The molecule has 0 aliphatic heterocycles. The minimum atomic E-state index is -1.04. The van der Waals surface area contributed by atoms with Gasteiger partial charge in [0.1, 0.15) is 24.4 Å². The topological polar surface area (TPSA) is 129 Å². The van der Waals surface area contributed by atoms with Crippen LogP contribution in [0.25, 0.3) is 0 Å². The molecule has 0 aliphatic rings. The first-order chi connectivity index (χ1) is 14.9. The summed E-state index contributed by atoms with van der Waals surface area (Å²) in [5, 5.41) is 5.16. The average molecular weight is 457 g/mol. The van der Waals surface area contributed by atoms with Crippen LogP contribution in [0, 0.1) is 0 Å². The van der Waals surface area contributed by atoms with E-state index in [9.17, 15) is 19.2 Å². The van der Waals surface area contributed by atoms with Crippen LogP contribution in [0.1, 0.15) is 47.0 Å². The molecule has 0 aliphatic carbocycles. The molecule has 2 N–H and O–H groups in total. The molecule has 32 heavy (non-hydrogen) atoms. The number of nitrogens with one attached hydrogen (secondary N) is 2. The Hall–Kier alpha value is -2.88. The minimum absolute atomic E-state index is 0.0288. The van der Waals surface area contributed by atoms with E-state index in [1.807, 2.05) is 0 Å². The van der Waals surface area contributed by atoms with Gasteiger partial charge in [0.05, 0.1) is 13.1 Å². The van der Waals surface area contributed by atoms with Gasteiger partial charge in [-0.3, -0.25) is 4.79 Å². The number of esters is 2. The second-order valence-electron chi connectivity index (χ2n) is 7.89. The van der Waals surface area contributed by atoms with Crippen molar-refractivity contribution in [2.75, 3.05) is 32.9 Å². The fraction of sp³-hybridized carbons (Fsp3) is 0.636. The van der Waals surface area contributed by atoms with Crippen LogP contribution in [0.3, 0.4) is 0 Å². The van der Waals surface area contributed by atoms with Crippen molar-refractivity contribution in [1.29, 1.82) is 0 Å². The van der Waals surface area contributed by atoms with Crippen LogP contribution >= 0.6 is 0 Å². The summed E-state index contributed by atoms with van der Waals surface area (Å²) in [5.41, 5.74) is -1.74. The molecule has 0 heterocycles. The summed E-state index contributed by atoms with van der Waals surface area (Å²) in [5.74, 6) is -1.42. The number of hydrogen-bond donors (Lipinski definition) is 2. The number of unbranched alkanes of at least 4 members (excludes halogenated alkanes) is 1. The first kappa shape index (κ1) is 29.1. The first-order valence-electron chi connectivity index (χ1n) is 10.4. The highest BCUT2D eigenvalue weighted by atomic mass is 16.6. The van der Waals surface area contributed by atoms with E-state index in [1.165, 1.54) is 0 Å². The van der Waals surface area contributed by atoms with Crippen LogP contribution in [0.5, 0.6) is 0 Å². The largest absolute Gasteiger partial charge is 0.461 e. The quantitative estimate of drug-likeness (QED) is 0.156. The Bertz CT molecular complexity index is 658. The normalized spacial score (nSPS) is 11.1. The zero-order chi connectivity index (χ0) is 24.6. The molecule has 0 aromatic heterocycles. The van der Waals surface area contributed by atoms with Crippen LogP contribution in [-0.4, -0.2) is 68.1 Å². The number of rotatable bonds is 16. The Balaban J connectivity index is 4.04. The number of ether oxygens (including phenoxy) is 4. The third-order valence-corrected chi connectivity index (χ3v) is 4.13. The van der Waals surface area contributed by atoms with Gasteiger partial charge in [0, 0.05) is 18.8 Å². The molecule has 0 radical (unpaired) electrons. The van der Waals surface area contributed by atoms with Crippen LogP contribution in [0.2, 0.25) is 0 Å². The SMILES string of the molecule is C=CC(=O)OCCNC(=O)OC(C)(C)CCCCOC(C)(C)C(=O)NCCOC(=O)C=C. The summed E-state index contributed by atoms with van der Waals surface area (Å²) < 4.78 is 20.6. The lowest BCUT2D eigenvalue weighted by molar-refractivity contribution is -0.144. The van der Waals surface area contributed by atoms with Crippen molar-refractivity contribution in [3.63, 3.8) is 0 Å². The number of amides is 2. The molecule has 0 bridgehead atoms. The number of alkyl carbamates (subject to hydrolysis) is 1. The maximum Gasteiger partial charge on any atom is 0.407 e. The smallest absolute Gasteiger partial charge is 0.407 e. The first-order valence-corrected chi connectivity index (χ1v) is 10.4.